The number of nitrogens with zero attached hydrogens (tertiary/aromatic N) is 5. The number of nitrogens with one attached hydrogen (secondary N) is 1. The number of alkyl halides is 1. The molecule has 3 heterocycles. The maximum absolute atomic E-state index is 13.7. The fourth-order valence-electron chi connectivity index (χ4n) is 4.64. The number of benzene rings is 1. The second-order valence-corrected chi connectivity index (χ2v) is 11.8. The fraction of sp³-hybridized carbons (Fsp3) is 0.400. The van der Waals surface area contributed by atoms with Crippen molar-refractivity contribution in [3.8, 4) is 11.3 Å². The number of oxazole rings is 1. The van der Waals surface area contributed by atoms with Gasteiger partial charge in [0.15, 0.2) is 12.2 Å². The summed E-state index contributed by atoms with van der Waals surface area (Å²) in [6.45, 7) is 0.692. The number of hydrogen-bond donors (Lipinski definition) is 1. The van der Waals surface area contributed by atoms with Gasteiger partial charge in [0.05, 0.1) is 17.6 Å². The molecule has 0 bridgehead atoms. The first-order valence-electron chi connectivity index (χ1n) is 12.3. The van der Waals surface area contributed by atoms with Gasteiger partial charge in [0.2, 0.25) is 21.8 Å². The molecule has 2 aliphatic rings. The quantitative estimate of drug-likeness (QED) is 0.395. The zero-order valence-electron chi connectivity index (χ0n) is 20.4. The molecular weight excluding hydrogens is 532 g/mol. The summed E-state index contributed by atoms with van der Waals surface area (Å²) in [6.07, 6.45) is 8.18. The van der Waals surface area contributed by atoms with Crippen LogP contribution in [0.4, 0.5) is 5.69 Å². The average Bonchev–Trinajstić information content (AvgIpc) is 3.67. The van der Waals surface area contributed by atoms with Gasteiger partial charge in [-0.25, -0.2) is 17.7 Å². The van der Waals surface area contributed by atoms with Crippen molar-refractivity contribution in [3.63, 3.8) is 0 Å². The molecule has 1 aromatic carbocycles. The molecular formula is C25H27ClN6O5S. The molecule has 1 N–H and O–H groups in total. The molecule has 2 fully saturated rings. The molecule has 2 amide bonds. The monoisotopic (exact) mass is 558 g/mol. The predicted octanol–water partition coefficient (Wildman–Crippen LogP) is 2.52. The van der Waals surface area contributed by atoms with Crippen molar-refractivity contribution in [2.75, 3.05) is 23.9 Å². The third kappa shape index (κ3) is 5.57. The van der Waals surface area contributed by atoms with Gasteiger partial charge in [0.1, 0.15) is 11.9 Å². The highest BCUT2D eigenvalue weighted by atomic mass is 35.5. The van der Waals surface area contributed by atoms with E-state index >= 15 is 0 Å². The van der Waals surface area contributed by atoms with Crippen LogP contribution < -0.4 is 10.2 Å². The highest BCUT2D eigenvalue weighted by molar-refractivity contribution is 7.90. The first-order chi connectivity index (χ1) is 18.4. The van der Waals surface area contributed by atoms with Crippen molar-refractivity contribution in [3.05, 3.63) is 60.9 Å². The van der Waals surface area contributed by atoms with E-state index in [0.29, 0.717) is 55.8 Å². The predicted molar refractivity (Wildman–Crippen MR) is 140 cm³/mol. The minimum absolute atomic E-state index is 0.243. The first kappa shape index (κ1) is 26.3. The Kier molecular flexibility index (Phi) is 7.73. The molecule has 3 aromatic rings. The number of carbonyl (C=O) groups excluding carboxylic acids is 2. The third-order valence-electron chi connectivity index (χ3n) is 6.78. The van der Waals surface area contributed by atoms with Crippen LogP contribution in [-0.2, 0) is 19.6 Å². The van der Waals surface area contributed by atoms with Crippen LogP contribution in [0.15, 0.2) is 59.7 Å². The second-order valence-electron chi connectivity index (χ2n) is 9.31. The van der Waals surface area contributed by atoms with Crippen LogP contribution in [0.5, 0.6) is 0 Å². The molecule has 1 saturated carbocycles. The van der Waals surface area contributed by atoms with Gasteiger partial charge in [-0.15, -0.1) is 11.6 Å². The van der Waals surface area contributed by atoms with Gasteiger partial charge < -0.3 is 9.73 Å². The largest absolute Gasteiger partial charge is 0.444 e. The summed E-state index contributed by atoms with van der Waals surface area (Å²) in [5.74, 6) is -0.668. The Balaban J connectivity index is 1.38. The van der Waals surface area contributed by atoms with Gasteiger partial charge in [-0.05, 0) is 56.0 Å². The molecule has 1 aliphatic carbocycles. The third-order valence-corrected chi connectivity index (χ3v) is 9.41. The topological polar surface area (TPSA) is 139 Å². The van der Waals surface area contributed by atoms with Crippen molar-refractivity contribution in [1.29, 1.82) is 0 Å². The van der Waals surface area contributed by atoms with Crippen LogP contribution in [0.3, 0.4) is 0 Å². The lowest BCUT2D eigenvalue weighted by atomic mass is 10.0. The number of piperidine rings is 1. The maximum atomic E-state index is 13.7. The summed E-state index contributed by atoms with van der Waals surface area (Å²) in [4.78, 5) is 32.1. The molecule has 1 atom stereocenters. The van der Waals surface area contributed by atoms with Crippen molar-refractivity contribution in [2.45, 2.75) is 43.0 Å². The van der Waals surface area contributed by atoms with Crippen molar-refractivity contribution in [2.24, 2.45) is 0 Å². The van der Waals surface area contributed by atoms with Crippen LogP contribution in [-0.4, -0.2) is 70.0 Å². The minimum Gasteiger partial charge on any atom is -0.444 e. The lowest BCUT2D eigenvalue weighted by Crippen LogP contribution is -2.51. The Morgan fingerprint density at radius 3 is 2.39 bits per heavy atom. The molecule has 1 saturated heterocycles. The van der Waals surface area contributed by atoms with E-state index in [2.05, 4.69) is 20.5 Å². The molecule has 13 heteroatoms. The van der Waals surface area contributed by atoms with E-state index in [0.717, 1.165) is 5.56 Å². The maximum Gasteiger partial charge on any atom is 0.248 e. The standard InChI is InChI=1S/C25H27ClN6O5S/c26-13-23(33)32(20-3-1-17(2-4-20)22-15-27-16-37-22)24(18-7-10-28-29-14-18)25(34)30-19-8-11-31(12-9-19)38(35,36)21-5-6-21/h1-4,7,10,14-16,19,21,24H,5-6,8-9,11-13H2,(H,30,34). The summed E-state index contributed by atoms with van der Waals surface area (Å²) in [5.41, 5.74) is 1.68. The summed E-state index contributed by atoms with van der Waals surface area (Å²) < 4.78 is 32.0. The van der Waals surface area contributed by atoms with E-state index in [1.54, 1.807) is 36.5 Å². The Bertz CT molecular complexity index is 1360. The molecule has 200 valence electrons. The van der Waals surface area contributed by atoms with Crippen LogP contribution in [0.1, 0.15) is 37.3 Å². The van der Waals surface area contributed by atoms with E-state index < -0.39 is 27.9 Å². The van der Waals surface area contributed by atoms with Crippen LogP contribution in [0.2, 0.25) is 0 Å². The number of rotatable bonds is 9. The van der Waals surface area contributed by atoms with Crippen molar-refractivity contribution >= 4 is 39.1 Å². The van der Waals surface area contributed by atoms with Gasteiger partial charge in [0.25, 0.3) is 0 Å². The van der Waals surface area contributed by atoms with E-state index in [9.17, 15) is 18.0 Å². The van der Waals surface area contributed by atoms with Crippen LogP contribution >= 0.6 is 11.6 Å². The number of hydrogen-bond acceptors (Lipinski definition) is 8. The van der Waals surface area contributed by atoms with Gasteiger partial charge in [-0.3, -0.25) is 14.5 Å². The highest BCUT2D eigenvalue weighted by Gasteiger charge is 2.42. The second kappa shape index (κ2) is 11.2. The Morgan fingerprint density at radius 1 is 1.08 bits per heavy atom. The van der Waals surface area contributed by atoms with Gasteiger partial charge >= 0.3 is 0 Å². The molecule has 11 nitrogen and oxygen atoms in total. The number of aromatic nitrogens is 3. The smallest absolute Gasteiger partial charge is 0.248 e. The molecule has 1 unspecified atom stereocenters. The van der Waals surface area contributed by atoms with Gasteiger partial charge in [-0.2, -0.15) is 10.2 Å². The molecule has 1 aliphatic heterocycles. The van der Waals surface area contributed by atoms with Crippen LogP contribution in [0.25, 0.3) is 11.3 Å². The van der Waals surface area contributed by atoms with E-state index in [-0.39, 0.29) is 17.2 Å². The number of anilines is 1. The summed E-state index contributed by atoms with van der Waals surface area (Å²) in [6, 6.07) is 7.25. The SMILES string of the molecule is O=C(NC1CCN(S(=O)(=O)C2CC2)CC1)C(c1ccnnc1)N(C(=O)CCl)c1ccc(-c2cnco2)cc1. The molecule has 0 spiro atoms. The zero-order valence-corrected chi connectivity index (χ0v) is 22.0. The molecule has 2 aromatic heterocycles. The number of carbonyl (C=O) groups is 2. The summed E-state index contributed by atoms with van der Waals surface area (Å²) in [7, 11) is -3.26. The van der Waals surface area contributed by atoms with Gasteiger partial charge in [-0.1, -0.05) is 0 Å². The Morgan fingerprint density at radius 2 is 1.82 bits per heavy atom. The van der Waals surface area contributed by atoms with Gasteiger partial charge in [0, 0.05) is 42.1 Å². The Labute approximate surface area is 225 Å². The van der Waals surface area contributed by atoms with Crippen molar-refractivity contribution < 1.29 is 22.4 Å². The molecule has 38 heavy (non-hydrogen) atoms. The fourth-order valence-corrected chi connectivity index (χ4v) is 6.64. The first-order valence-corrected chi connectivity index (χ1v) is 14.3. The number of amides is 2. The normalized spacial score (nSPS) is 17.6. The van der Waals surface area contributed by atoms with Crippen molar-refractivity contribution in [1.82, 2.24) is 24.8 Å². The minimum atomic E-state index is -3.26. The van der Waals surface area contributed by atoms with E-state index in [4.69, 9.17) is 16.0 Å². The molecule has 0 radical (unpaired) electrons. The van der Waals surface area contributed by atoms with E-state index in [1.807, 2.05) is 0 Å². The lowest BCUT2D eigenvalue weighted by molar-refractivity contribution is -0.126. The zero-order chi connectivity index (χ0) is 26.7. The average molecular weight is 559 g/mol. The Hall–Kier alpha value is -3.35. The highest BCUT2D eigenvalue weighted by Crippen LogP contribution is 2.33. The molecule has 5 rings (SSSR count). The van der Waals surface area contributed by atoms with Crippen LogP contribution in [0, 0.1) is 0 Å². The number of sulfonamides is 1. The lowest BCUT2D eigenvalue weighted by Gasteiger charge is -2.35. The summed E-state index contributed by atoms with van der Waals surface area (Å²) in [5, 5.41) is 10.5. The van der Waals surface area contributed by atoms with E-state index in [1.165, 1.54) is 28.0 Å². The number of halogens is 1. The summed E-state index contributed by atoms with van der Waals surface area (Å²) >= 11 is 5.99.